The molecular weight excluding hydrogens is 264 g/mol. The van der Waals surface area contributed by atoms with Crippen LogP contribution in [0, 0.1) is 12.8 Å². The standard InChI is InChI=1S/C16H24N4O/c1-3-6-13(11-17)16(21)18-9-10-20-12(2)19-14-7-4-5-8-15(14)20/h4-5,7-8,13H,3,6,9-11,17H2,1-2H3,(H,18,21). The Hall–Kier alpha value is -1.88. The molecule has 5 nitrogen and oxygen atoms in total. The average molecular weight is 288 g/mol. The molecule has 114 valence electrons. The van der Waals surface area contributed by atoms with E-state index in [0.717, 1.165) is 36.2 Å². The van der Waals surface area contributed by atoms with Gasteiger partial charge in [0.15, 0.2) is 0 Å². The minimum Gasteiger partial charge on any atom is -0.354 e. The molecule has 0 spiro atoms. The van der Waals surface area contributed by atoms with Crippen LogP contribution in [0.25, 0.3) is 11.0 Å². The van der Waals surface area contributed by atoms with Gasteiger partial charge in [-0.2, -0.15) is 0 Å². The molecule has 0 bridgehead atoms. The molecule has 1 amide bonds. The molecule has 0 fully saturated rings. The van der Waals surface area contributed by atoms with Crippen molar-refractivity contribution in [2.45, 2.75) is 33.2 Å². The van der Waals surface area contributed by atoms with Crippen LogP contribution in [0.2, 0.25) is 0 Å². The number of carbonyl (C=O) groups is 1. The normalized spacial score (nSPS) is 12.5. The van der Waals surface area contributed by atoms with E-state index in [1.165, 1.54) is 0 Å². The van der Waals surface area contributed by atoms with Gasteiger partial charge in [0.05, 0.1) is 17.0 Å². The van der Waals surface area contributed by atoms with Crippen LogP contribution in [-0.4, -0.2) is 28.5 Å². The van der Waals surface area contributed by atoms with Crippen molar-refractivity contribution in [3.63, 3.8) is 0 Å². The van der Waals surface area contributed by atoms with Gasteiger partial charge in [-0.25, -0.2) is 4.98 Å². The summed E-state index contributed by atoms with van der Waals surface area (Å²) in [7, 11) is 0. The minimum absolute atomic E-state index is 0.0569. The summed E-state index contributed by atoms with van der Waals surface area (Å²) < 4.78 is 2.13. The highest BCUT2D eigenvalue weighted by Gasteiger charge is 2.15. The molecule has 0 aliphatic carbocycles. The third kappa shape index (κ3) is 3.61. The van der Waals surface area contributed by atoms with Crippen LogP contribution in [0.1, 0.15) is 25.6 Å². The molecule has 1 aromatic heterocycles. The monoisotopic (exact) mass is 288 g/mol. The highest BCUT2D eigenvalue weighted by Crippen LogP contribution is 2.14. The number of benzene rings is 1. The van der Waals surface area contributed by atoms with Gasteiger partial charge in [0.1, 0.15) is 5.82 Å². The Morgan fingerprint density at radius 3 is 2.90 bits per heavy atom. The zero-order valence-corrected chi connectivity index (χ0v) is 12.8. The number of para-hydroxylation sites is 2. The van der Waals surface area contributed by atoms with Crippen molar-refractivity contribution in [2.24, 2.45) is 11.7 Å². The summed E-state index contributed by atoms with van der Waals surface area (Å²) in [4.78, 5) is 16.5. The van der Waals surface area contributed by atoms with E-state index in [9.17, 15) is 4.79 Å². The summed E-state index contributed by atoms with van der Waals surface area (Å²) in [5.74, 6) is 0.950. The number of aromatic nitrogens is 2. The molecule has 2 rings (SSSR count). The van der Waals surface area contributed by atoms with E-state index in [-0.39, 0.29) is 11.8 Å². The fourth-order valence-electron chi connectivity index (χ4n) is 2.62. The number of hydrogen-bond acceptors (Lipinski definition) is 3. The second-order valence-corrected chi connectivity index (χ2v) is 5.31. The predicted octanol–water partition coefficient (Wildman–Crippen LogP) is 1.84. The molecular formula is C16H24N4O. The number of hydrogen-bond donors (Lipinski definition) is 2. The first-order valence-electron chi connectivity index (χ1n) is 7.57. The molecule has 21 heavy (non-hydrogen) atoms. The van der Waals surface area contributed by atoms with Crippen LogP contribution >= 0.6 is 0 Å². The van der Waals surface area contributed by atoms with Crippen molar-refractivity contribution < 1.29 is 4.79 Å². The average Bonchev–Trinajstić information content (AvgIpc) is 2.80. The van der Waals surface area contributed by atoms with Crippen LogP contribution in [-0.2, 0) is 11.3 Å². The summed E-state index contributed by atoms with van der Waals surface area (Å²) in [6, 6.07) is 8.04. The molecule has 0 saturated carbocycles. The molecule has 5 heteroatoms. The van der Waals surface area contributed by atoms with Gasteiger partial charge in [0.25, 0.3) is 0 Å². The molecule has 0 aliphatic heterocycles. The highest BCUT2D eigenvalue weighted by molar-refractivity contribution is 5.79. The number of carbonyl (C=O) groups excluding carboxylic acids is 1. The minimum atomic E-state index is -0.0735. The zero-order valence-electron chi connectivity index (χ0n) is 12.8. The Bertz CT molecular complexity index is 605. The van der Waals surface area contributed by atoms with Gasteiger partial charge < -0.3 is 15.6 Å². The predicted molar refractivity (Wildman–Crippen MR) is 84.9 cm³/mol. The van der Waals surface area contributed by atoms with Gasteiger partial charge in [-0.05, 0) is 25.5 Å². The maximum Gasteiger partial charge on any atom is 0.224 e. The Morgan fingerprint density at radius 2 is 2.19 bits per heavy atom. The number of imidazole rings is 1. The van der Waals surface area contributed by atoms with E-state index in [1.807, 2.05) is 25.1 Å². The number of amides is 1. The molecule has 1 atom stereocenters. The van der Waals surface area contributed by atoms with E-state index in [2.05, 4.69) is 27.9 Å². The van der Waals surface area contributed by atoms with E-state index < -0.39 is 0 Å². The van der Waals surface area contributed by atoms with Gasteiger partial charge in [0, 0.05) is 19.6 Å². The Kier molecular flexibility index (Phi) is 5.33. The lowest BCUT2D eigenvalue weighted by Crippen LogP contribution is -2.36. The summed E-state index contributed by atoms with van der Waals surface area (Å²) in [6.45, 7) is 5.78. The van der Waals surface area contributed by atoms with Crippen molar-refractivity contribution in [1.82, 2.24) is 14.9 Å². The number of rotatable bonds is 7. The van der Waals surface area contributed by atoms with Crippen molar-refractivity contribution in [3.05, 3.63) is 30.1 Å². The van der Waals surface area contributed by atoms with E-state index in [0.29, 0.717) is 13.1 Å². The van der Waals surface area contributed by atoms with Crippen molar-refractivity contribution in [2.75, 3.05) is 13.1 Å². The number of nitrogens with zero attached hydrogens (tertiary/aromatic N) is 2. The van der Waals surface area contributed by atoms with Crippen LogP contribution < -0.4 is 11.1 Å². The number of nitrogens with two attached hydrogens (primary N) is 1. The topological polar surface area (TPSA) is 72.9 Å². The van der Waals surface area contributed by atoms with Crippen molar-refractivity contribution in [3.8, 4) is 0 Å². The molecule has 1 heterocycles. The molecule has 1 aromatic carbocycles. The second kappa shape index (κ2) is 7.22. The van der Waals surface area contributed by atoms with Crippen molar-refractivity contribution >= 4 is 16.9 Å². The molecule has 3 N–H and O–H groups in total. The van der Waals surface area contributed by atoms with Crippen LogP contribution in [0.15, 0.2) is 24.3 Å². The largest absolute Gasteiger partial charge is 0.354 e. The van der Waals surface area contributed by atoms with Crippen LogP contribution in [0.5, 0.6) is 0 Å². The van der Waals surface area contributed by atoms with Gasteiger partial charge in [-0.3, -0.25) is 4.79 Å². The van der Waals surface area contributed by atoms with E-state index in [4.69, 9.17) is 5.73 Å². The summed E-state index contributed by atoms with van der Waals surface area (Å²) in [5.41, 5.74) is 7.75. The maximum atomic E-state index is 12.0. The van der Waals surface area contributed by atoms with Gasteiger partial charge >= 0.3 is 0 Å². The smallest absolute Gasteiger partial charge is 0.224 e. The SMILES string of the molecule is CCCC(CN)C(=O)NCCn1c(C)nc2ccccc21. The number of aryl methyl sites for hydroxylation is 1. The first kappa shape index (κ1) is 15.5. The summed E-state index contributed by atoms with van der Waals surface area (Å²) >= 11 is 0. The third-order valence-electron chi connectivity index (χ3n) is 3.77. The molecule has 1 unspecified atom stereocenters. The zero-order chi connectivity index (χ0) is 15.2. The molecule has 0 aliphatic rings. The lowest BCUT2D eigenvalue weighted by molar-refractivity contribution is -0.124. The fourth-order valence-corrected chi connectivity index (χ4v) is 2.62. The molecule has 0 radical (unpaired) electrons. The summed E-state index contributed by atoms with van der Waals surface area (Å²) in [6.07, 6.45) is 1.82. The Labute approximate surface area is 125 Å². The van der Waals surface area contributed by atoms with Crippen molar-refractivity contribution in [1.29, 1.82) is 0 Å². The van der Waals surface area contributed by atoms with E-state index >= 15 is 0 Å². The van der Waals surface area contributed by atoms with Gasteiger partial charge in [-0.15, -0.1) is 0 Å². The third-order valence-corrected chi connectivity index (χ3v) is 3.77. The van der Waals surface area contributed by atoms with Gasteiger partial charge in [0.2, 0.25) is 5.91 Å². The first-order chi connectivity index (χ1) is 10.2. The second-order valence-electron chi connectivity index (χ2n) is 5.31. The molecule has 2 aromatic rings. The Balaban J connectivity index is 1.96. The highest BCUT2D eigenvalue weighted by atomic mass is 16.1. The summed E-state index contributed by atoms with van der Waals surface area (Å²) in [5, 5.41) is 2.98. The van der Waals surface area contributed by atoms with E-state index in [1.54, 1.807) is 0 Å². The van der Waals surface area contributed by atoms with Crippen LogP contribution in [0.4, 0.5) is 0 Å². The molecule has 0 saturated heterocycles. The van der Waals surface area contributed by atoms with Crippen LogP contribution in [0.3, 0.4) is 0 Å². The van der Waals surface area contributed by atoms with Gasteiger partial charge in [-0.1, -0.05) is 25.5 Å². The first-order valence-corrected chi connectivity index (χ1v) is 7.57. The lowest BCUT2D eigenvalue weighted by atomic mass is 10.0. The number of fused-ring (bicyclic) bond motifs is 1. The Morgan fingerprint density at radius 1 is 1.43 bits per heavy atom. The number of nitrogens with one attached hydrogen (secondary N) is 1. The quantitative estimate of drug-likeness (QED) is 0.816. The maximum absolute atomic E-state index is 12.0. The lowest BCUT2D eigenvalue weighted by Gasteiger charge is -2.14. The fraction of sp³-hybridized carbons (Fsp3) is 0.500.